The second-order valence-electron chi connectivity index (χ2n) is 5.77. The van der Waals surface area contributed by atoms with Crippen LogP contribution in [0.3, 0.4) is 0 Å². The molecule has 1 aromatic heterocycles. The number of aromatic nitrogens is 1. The number of hydrogen-bond acceptors (Lipinski definition) is 6. The van der Waals surface area contributed by atoms with Crippen molar-refractivity contribution in [1.29, 1.82) is 0 Å². The molecule has 0 aliphatic rings. The molecule has 0 saturated heterocycles. The number of para-hydroxylation sites is 2. The summed E-state index contributed by atoms with van der Waals surface area (Å²) < 4.78 is 15.7. The summed E-state index contributed by atoms with van der Waals surface area (Å²) in [6, 6.07) is 12.0. The first-order chi connectivity index (χ1) is 13.5. The molecule has 1 amide bonds. The lowest BCUT2D eigenvalue weighted by Gasteiger charge is -2.14. The van der Waals surface area contributed by atoms with Gasteiger partial charge in [-0.15, -0.1) is 0 Å². The summed E-state index contributed by atoms with van der Waals surface area (Å²) in [7, 11) is 1.47. The van der Waals surface area contributed by atoms with Crippen molar-refractivity contribution in [2.45, 2.75) is 13.0 Å². The highest BCUT2D eigenvalue weighted by molar-refractivity contribution is 6.31. The molecule has 3 rings (SSSR count). The summed E-state index contributed by atoms with van der Waals surface area (Å²) in [5.74, 6) is -0.529. The summed E-state index contributed by atoms with van der Waals surface area (Å²) in [4.78, 5) is 28.5. The molecule has 1 N–H and O–H groups in total. The van der Waals surface area contributed by atoms with Crippen molar-refractivity contribution in [1.82, 2.24) is 4.98 Å². The molecule has 0 aliphatic carbocycles. The number of amides is 1. The minimum Gasteiger partial charge on any atom is -0.495 e. The van der Waals surface area contributed by atoms with Crippen LogP contribution in [-0.2, 0) is 14.3 Å². The maximum absolute atomic E-state index is 12.3. The number of carbonyl (C=O) groups is 2. The van der Waals surface area contributed by atoms with Crippen LogP contribution in [0, 0.1) is 0 Å². The number of halogens is 1. The molecular formula is C20H17ClN2O5. The van der Waals surface area contributed by atoms with Gasteiger partial charge in [0.05, 0.1) is 12.8 Å². The fourth-order valence-corrected chi connectivity index (χ4v) is 2.55. The molecule has 0 aliphatic heterocycles. The van der Waals surface area contributed by atoms with Crippen LogP contribution in [0.4, 0.5) is 5.69 Å². The fraction of sp³-hybridized carbons (Fsp3) is 0.150. The van der Waals surface area contributed by atoms with E-state index in [4.69, 9.17) is 25.5 Å². The van der Waals surface area contributed by atoms with Gasteiger partial charge in [0.1, 0.15) is 11.3 Å². The molecule has 7 nitrogen and oxygen atoms in total. The SMILES string of the molecule is COc1ccc(Cl)cc1NC(=O)[C@H](C)OC(=O)/C=C/c1nc2ccccc2o1. The smallest absolute Gasteiger partial charge is 0.331 e. The second kappa shape index (κ2) is 8.58. The number of anilines is 1. The third-order valence-corrected chi connectivity index (χ3v) is 3.99. The molecule has 0 radical (unpaired) electrons. The number of benzene rings is 2. The number of hydrogen-bond donors (Lipinski definition) is 1. The van der Waals surface area contributed by atoms with Crippen molar-refractivity contribution in [3.63, 3.8) is 0 Å². The molecule has 1 atom stereocenters. The quantitative estimate of drug-likeness (QED) is 0.495. The number of nitrogens with one attached hydrogen (secondary N) is 1. The number of fused-ring (bicyclic) bond motifs is 1. The fourth-order valence-electron chi connectivity index (χ4n) is 2.38. The van der Waals surface area contributed by atoms with E-state index in [1.165, 1.54) is 20.1 Å². The number of oxazole rings is 1. The van der Waals surface area contributed by atoms with E-state index in [9.17, 15) is 9.59 Å². The Morgan fingerprint density at radius 3 is 2.79 bits per heavy atom. The summed E-state index contributed by atoms with van der Waals surface area (Å²) in [5.41, 5.74) is 1.67. The number of methoxy groups -OCH3 is 1. The third-order valence-electron chi connectivity index (χ3n) is 3.75. The van der Waals surface area contributed by atoms with E-state index in [-0.39, 0.29) is 5.89 Å². The zero-order chi connectivity index (χ0) is 20.1. The largest absolute Gasteiger partial charge is 0.495 e. The van der Waals surface area contributed by atoms with Gasteiger partial charge in [-0.1, -0.05) is 23.7 Å². The van der Waals surface area contributed by atoms with Crippen LogP contribution in [0.2, 0.25) is 5.02 Å². The van der Waals surface area contributed by atoms with E-state index >= 15 is 0 Å². The van der Waals surface area contributed by atoms with Crippen LogP contribution in [0.25, 0.3) is 17.2 Å². The van der Waals surface area contributed by atoms with Crippen LogP contribution >= 0.6 is 11.6 Å². The van der Waals surface area contributed by atoms with Gasteiger partial charge in [0, 0.05) is 17.2 Å². The molecule has 0 fully saturated rings. The Balaban J connectivity index is 1.60. The van der Waals surface area contributed by atoms with Gasteiger partial charge in [-0.3, -0.25) is 4.79 Å². The van der Waals surface area contributed by atoms with Crippen molar-refractivity contribution < 1.29 is 23.5 Å². The lowest BCUT2D eigenvalue weighted by Crippen LogP contribution is -2.29. The molecule has 8 heteroatoms. The van der Waals surface area contributed by atoms with E-state index in [1.807, 2.05) is 12.1 Å². The predicted molar refractivity (Wildman–Crippen MR) is 105 cm³/mol. The molecule has 0 unspecified atom stereocenters. The van der Waals surface area contributed by atoms with Gasteiger partial charge < -0.3 is 19.2 Å². The Morgan fingerprint density at radius 1 is 1.25 bits per heavy atom. The van der Waals surface area contributed by atoms with Gasteiger partial charge in [0.15, 0.2) is 11.7 Å². The summed E-state index contributed by atoms with van der Waals surface area (Å²) in [6.07, 6.45) is 1.49. The lowest BCUT2D eigenvalue weighted by atomic mass is 10.2. The maximum atomic E-state index is 12.3. The molecule has 0 saturated carbocycles. The molecule has 28 heavy (non-hydrogen) atoms. The van der Waals surface area contributed by atoms with E-state index in [0.717, 1.165) is 6.08 Å². The van der Waals surface area contributed by atoms with Crippen LogP contribution in [-0.4, -0.2) is 30.1 Å². The van der Waals surface area contributed by atoms with Gasteiger partial charge >= 0.3 is 5.97 Å². The van der Waals surface area contributed by atoms with E-state index in [0.29, 0.717) is 27.6 Å². The van der Waals surface area contributed by atoms with Crippen molar-refractivity contribution in [2.24, 2.45) is 0 Å². The zero-order valence-electron chi connectivity index (χ0n) is 15.1. The normalized spacial score (nSPS) is 12.1. The second-order valence-corrected chi connectivity index (χ2v) is 6.20. The first kappa shape index (κ1) is 19.4. The van der Waals surface area contributed by atoms with Crippen molar-refractivity contribution >= 4 is 46.3 Å². The van der Waals surface area contributed by atoms with E-state index in [2.05, 4.69) is 10.3 Å². The van der Waals surface area contributed by atoms with Crippen LogP contribution in [0.5, 0.6) is 5.75 Å². The molecule has 2 aromatic carbocycles. The molecule has 0 spiro atoms. The molecule has 144 valence electrons. The summed E-state index contributed by atoms with van der Waals surface area (Å²) in [6.45, 7) is 1.46. The number of ether oxygens (including phenoxy) is 2. The molecule has 3 aromatic rings. The Kier molecular flexibility index (Phi) is 5.96. The van der Waals surface area contributed by atoms with Crippen molar-refractivity contribution in [2.75, 3.05) is 12.4 Å². The van der Waals surface area contributed by atoms with E-state index in [1.54, 1.807) is 30.3 Å². The minimum absolute atomic E-state index is 0.263. The Bertz CT molecular complexity index is 1010. The van der Waals surface area contributed by atoms with Gasteiger partial charge in [-0.25, -0.2) is 9.78 Å². The Labute approximate surface area is 165 Å². The van der Waals surface area contributed by atoms with Gasteiger partial charge in [0.2, 0.25) is 5.89 Å². The van der Waals surface area contributed by atoms with Crippen molar-refractivity contribution in [3.05, 3.63) is 59.5 Å². The van der Waals surface area contributed by atoms with Gasteiger partial charge in [-0.2, -0.15) is 0 Å². The zero-order valence-corrected chi connectivity index (χ0v) is 15.9. The lowest BCUT2D eigenvalue weighted by molar-refractivity contribution is -0.148. The topological polar surface area (TPSA) is 90.7 Å². The molecule has 1 heterocycles. The van der Waals surface area contributed by atoms with Crippen LogP contribution in [0.15, 0.2) is 53.0 Å². The third kappa shape index (κ3) is 4.69. The highest BCUT2D eigenvalue weighted by Crippen LogP contribution is 2.27. The first-order valence-electron chi connectivity index (χ1n) is 8.35. The Morgan fingerprint density at radius 2 is 2.04 bits per heavy atom. The predicted octanol–water partition coefficient (Wildman–Crippen LogP) is 4.07. The summed E-state index contributed by atoms with van der Waals surface area (Å²) in [5, 5.41) is 3.05. The van der Waals surface area contributed by atoms with Gasteiger partial charge in [-0.05, 0) is 37.3 Å². The average Bonchev–Trinajstić information content (AvgIpc) is 3.09. The van der Waals surface area contributed by atoms with Crippen molar-refractivity contribution in [3.8, 4) is 5.75 Å². The standard InChI is InChI=1S/C20H17ClN2O5/c1-12(20(25)23-15-11-13(21)7-8-16(15)26-2)27-19(24)10-9-18-22-14-5-3-4-6-17(14)28-18/h3-12H,1-2H3,(H,23,25)/b10-9+/t12-/m0/s1. The van der Waals surface area contributed by atoms with Crippen LogP contribution < -0.4 is 10.1 Å². The van der Waals surface area contributed by atoms with Crippen LogP contribution in [0.1, 0.15) is 12.8 Å². The number of rotatable bonds is 6. The maximum Gasteiger partial charge on any atom is 0.331 e. The highest BCUT2D eigenvalue weighted by Gasteiger charge is 2.18. The number of carbonyl (C=O) groups excluding carboxylic acids is 2. The average molecular weight is 401 g/mol. The number of esters is 1. The van der Waals surface area contributed by atoms with Gasteiger partial charge in [0.25, 0.3) is 5.91 Å². The monoisotopic (exact) mass is 400 g/mol. The highest BCUT2D eigenvalue weighted by atomic mass is 35.5. The molecular weight excluding hydrogens is 384 g/mol. The first-order valence-corrected chi connectivity index (χ1v) is 8.72. The summed E-state index contributed by atoms with van der Waals surface area (Å²) >= 11 is 5.93. The Hall–Kier alpha value is -3.32. The number of nitrogens with zero attached hydrogens (tertiary/aromatic N) is 1. The minimum atomic E-state index is -1.04. The molecule has 0 bridgehead atoms. The van der Waals surface area contributed by atoms with E-state index < -0.39 is 18.0 Å².